The van der Waals surface area contributed by atoms with E-state index in [1.807, 2.05) is 0 Å². The van der Waals surface area contributed by atoms with Crippen molar-refractivity contribution in [2.24, 2.45) is 5.73 Å². The van der Waals surface area contributed by atoms with E-state index in [2.05, 4.69) is 10.2 Å². The van der Waals surface area contributed by atoms with Gasteiger partial charge in [-0.1, -0.05) is 0 Å². The van der Waals surface area contributed by atoms with Crippen molar-refractivity contribution in [3.8, 4) is 0 Å². The summed E-state index contributed by atoms with van der Waals surface area (Å²) >= 11 is 0. The van der Waals surface area contributed by atoms with Crippen molar-refractivity contribution in [2.75, 3.05) is 26.2 Å². The van der Waals surface area contributed by atoms with E-state index >= 15 is 0 Å². The van der Waals surface area contributed by atoms with Gasteiger partial charge in [-0.2, -0.15) is 0 Å². The lowest BCUT2D eigenvalue weighted by molar-refractivity contribution is 0.128. The molecule has 13 heavy (non-hydrogen) atoms. The monoisotopic (exact) mass is 183 g/mol. The molecule has 2 saturated heterocycles. The summed E-state index contributed by atoms with van der Waals surface area (Å²) < 4.78 is 0. The summed E-state index contributed by atoms with van der Waals surface area (Å²) in [7, 11) is 0. The van der Waals surface area contributed by atoms with Crippen LogP contribution < -0.4 is 11.1 Å². The van der Waals surface area contributed by atoms with E-state index in [-0.39, 0.29) is 0 Å². The lowest BCUT2D eigenvalue weighted by Crippen LogP contribution is -2.52. The standard InChI is InChI=1S/C10H21N3/c11-9-3-2-6-13(8-9)10-4-1-5-12-7-10/h9-10,12H,1-8,11H2/t9-,10?/m1/s1. The third kappa shape index (κ3) is 2.42. The Hall–Kier alpha value is -0.120. The van der Waals surface area contributed by atoms with Crippen molar-refractivity contribution in [3.63, 3.8) is 0 Å². The van der Waals surface area contributed by atoms with Crippen LogP contribution in [0.15, 0.2) is 0 Å². The van der Waals surface area contributed by atoms with Crippen molar-refractivity contribution in [1.82, 2.24) is 10.2 Å². The third-order valence-corrected chi connectivity index (χ3v) is 3.28. The molecule has 3 heteroatoms. The number of nitrogens with one attached hydrogen (secondary N) is 1. The molecule has 2 aliphatic rings. The Labute approximate surface area is 80.7 Å². The SMILES string of the molecule is N[C@@H]1CCCN(C2CCCNC2)C1. The fourth-order valence-corrected chi connectivity index (χ4v) is 2.52. The van der Waals surface area contributed by atoms with Gasteiger partial charge in [0.2, 0.25) is 0 Å². The molecule has 0 aromatic heterocycles. The average Bonchev–Trinajstić information content (AvgIpc) is 2.19. The predicted octanol–water partition coefficient (Wildman–Crippen LogP) is 0.162. The van der Waals surface area contributed by atoms with E-state index < -0.39 is 0 Å². The highest BCUT2D eigenvalue weighted by Gasteiger charge is 2.24. The maximum Gasteiger partial charge on any atom is 0.0221 e. The van der Waals surface area contributed by atoms with Gasteiger partial charge >= 0.3 is 0 Å². The molecule has 3 N–H and O–H groups in total. The minimum atomic E-state index is 0.427. The molecule has 3 nitrogen and oxygen atoms in total. The first-order valence-corrected chi connectivity index (χ1v) is 5.56. The third-order valence-electron chi connectivity index (χ3n) is 3.28. The van der Waals surface area contributed by atoms with Gasteiger partial charge in [0.05, 0.1) is 0 Å². The highest BCUT2D eigenvalue weighted by molar-refractivity contribution is 4.84. The number of nitrogens with zero attached hydrogens (tertiary/aromatic N) is 1. The second-order valence-electron chi connectivity index (χ2n) is 4.40. The van der Waals surface area contributed by atoms with Gasteiger partial charge in [0, 0.05) is 25.2 Å². The van der Waals surface area contributed by atoms with Crippen LogP contribution in [-0.2, 0) is 0 Å². The highest BCUT2D eigenvalue weighted by atomic mass is 15.2. The number of hydrogen-bond acceptors (Lipinski definition) is 3. The van der Waals surface area contributed by atoms with Gasteiger partial charge in [-0.15, -0.1) is 0 Å². The Morgan fingerprint density at radius 3 is 2.85 bits per heavy atom. The molecule has 0 aromatic rings. The molecule has 0 radical (unpaired) electrons. The van der Waals surface area contributed by atoms with Gasteiger partial charge in [0.15, 0.2) is 0 Å². The molecule has 2 atom stereocenters. The number of nitrogens with two attached hydrogens (primary N) is 1. The number of piperidine rings is 2. The fourth-order valence-electron chi connectivity index (χ4n) is 2.52. The highest BCUT2D eigenvalue weighted by Crippen LogP contribution is 2.16. The quantitative estimate of drug-likeness (QED) is 0.608. The van der Waals surface area contributed by atoms with E-state index in [0.717, 1.165) is 12.6 Å². The summed E-state index contributed by atoms with van der Waals surface area (Å²) in [5.74, 6) is 0. The molecule has 2 aliphatic heterocycles. The molecule has 1 unspecified atom stereocenters. The normalized spacial score (nSPS) is 37.6. The van der Waals surface area contributed by atoms with Crippen molar-refractivity contribution in [3.05, 3.63) is 0 Å². The van der Waals surface area contributed by atoms with E-state index in [4.69, 9.17) is 5.73 Å². The predicted molar refractivity (Wildman–Crippen MR) is 54.7 cm³/mol. The molecule has 76 valence electrons. The molecule has 0 spiro atoms. The topological polar surface area (TPSA) is 41.3 Å². The van der Waals surface area contributed by atoms with Crippen LogP contribution in [-0.4, -0.2) is 43.2 Å². The molecule has 0 bridgehead atoms. The molecular weight excluding hydrogens is 162 g/mol. The number of rotatable bonds is 1. The van der Waals surface area contributed by atoms with Crippen LogP contribution in [0.3, 0.4) is 0 Å². The van der Waals surface area contributed by atoms with Crippen molar-refractivity contribution >= 4 is 0 Å². The molecule has 0 saturated carbocycles. The van der Waals surface area contributed by atoms with Crippen LogP contribution in [0.2, 0.25) is 0 Å². The minimum absolute atomic E-state index is 0.427. The van der Waals surface area contributed by atoms with Gasteiger partial charge in [-0.25, -0.2) is 0 Å². The van der Waals surface area contributed by atoms with Gasteiger partial charge in [-0.3, -0.25) is 4.90 Å². The lowest BCUT2D eigenvalue weighted by Gasteiger charge is -2.39. The van der Waals surface area contributed by atoms with Gasteiger partial charge in [0.1, 0.15) is 0 Å². The lowest BCUT2D eigenvalue weighted by atomic mass is 10.0. The van der Waals surface area contributed by atoms with Crippen LogP contribution >= 0.6 is 0 Å². The van der Waals surface area contributed by atoms with Crippen LogP contribution in [0.4, 0.5) is 0 Å². The first-order chi connectivity index (χ1) is 6.36. The fraction of sp³-hybridized carbons (Fsp3) is 1.00. The zero-order chi connectivity index (χ0) is 9.10. The van der Waals surface area contributed by atoms with E-state index in [1.165, 1.54) is 45.3 Å². The van der Waals surface area contributed by atoms with E-state index in [0.29, 0.717) is 6.04 Å². The smallest absolute Gasteiger partial charge is 0.0221 e. The Morgan fingerprint density at radius 2 is 2.15 bits per heavy atom. The summed E-state index contributed by atoms with van der Waals surface area (Å²) in [6.45, 7) is 4.76. The summed E-state index contributed by atoms with van der Waals surface area (Å²) in [4.78, 5) is 2.58. The second kappa shape index (κ2) is 4.40. The first kappa shape index (κ1) is 9.44. The van der Waals surface area contributed by atoms with Gasteiger partial charge in [-0.05, 0) is 38.8 Å². The summed E-state index contributed by atoms with van der Waals surface area (Å²) in [5.41, 5.74) is 5.97. The van der Waals surface area contributed by atoms with Gasteiger partial charge in [0.25, 0.3) is 0 Å². The Morgan fingerprint density at radius 1 is 1.23 bits per heavy atom. The number of hydrogen-bond donors (Lipinski definition) is 2. The largest absolute Gasteiger partial charge is 0.327 e. The summed E-state index contributed by atoms with van der Waals surface area (Å²) in [6.07, 6.45) is 5.20. The molecule has 0 aliphatic carbocycles. The molecule has 2 heterocycles. The van der Waals surface area contributed by atoms with Crippen molar-refractivity contribution < 1.29 is 0 Å². The van der Waals surface area contributed by atoms with Crippen LogP contribution in [0, 0.1) is 0 Å². The Bertz CT molecular complexity index is 154. The molecule has 2 rings (SSSR count). The maximum atomic E-state index is 5.97. The number of likely N-dealkylation sites (tertiary alicyclic amines) is 1. The average molecular weight is 183 g/mol. The van der Waals surface area contributed by atoms with Gasteiger partial charge < -0.3 is 11.1 Å². The van der Waals surface area contributed by atoms with Crippen LogP contribution in [0.5, 0.6) is 0 Å². The summed E-state index contributed by atoms with van der Waals surface area (Å²) in [5, 5.41) is 3.46. The van der Waals surface area contributed by atoms with E-state index in [9.17, 15) is 0 Å². The molecule has 0 aromatic carbocycles. The van der Waals surface area contributed by atoms with Crippen LogP contribution in [0.25, 0.3) is 0 Å². The Kier molecular flexibility index (Phi) is 3.19. The van der Waals surface area contributed by atoms with Crippen molar-refractivity contribution in [2.45, 2.75) is 37.8 Å². The van der Waals surface area contributed by atoms with E-state index in [1.54, 1.807) is 0 Å². The van der Waals surface area contributed by atoms with Crippen LogP contribution in [0.1, 0.15) is 25.7 Å². The first-order valence-electron chi connectivity index (χ1n) is 5.56. The minimum Gasteiger partial charge on any atom is -0.327 e. The zero-order valence-corrected chi connectivity index (χ0v) is 8.34. The van der Waals surface area contributed by atoms with Crippen molar-refractivity contribution in [1.29, 1.82) is 0 Å². The molecular formula is C10H21N3. The molecule has 0 amide bonds. The maximum absolute atomic E-state index is 5.97. The summed E-state index contributed by atoms with van der Waals surface area (Å²) in [6, 6.07) is 1.19. The second-order valence-corrected chi connectivity index (χ2v) is 4.40. The zero-order valence-electron chi connectivity index (χ0n) is 8.34. The Balaban J connectivity index is 1.83. The molecule has 2 fully saturated rings.